The molecule has 1 aliphatic heterocycles. The minimum absolute atomic E-state index is 0.812. The van der Waals surface area contributed by atoms with Crippen LogP contribution in [-0.4, -0.2) is 43.0 Å². The quantitative estimate of drug-likeness (QED) is 0.762. The van der Waals surface area contributed by atoms with Gasteiger partial charge in [0, 0.05) is 43.1 Å². The van der Waals surface area contributed by atoms with Crippen molar-refractivity contribution >= 4 is 11.4 Å². The molecule has 0 aromatic heterocycles. The van der Waals surface area contributed by atoms with Crippen molar-refractivity contribution in [3.05, 3.63) is 36.4 Å². The summed E-state index contributed by atoms with van der Waals surface area (Å²) in [5, 5.41) is 0. The summed E-state index contributed by atoms with van der Waals surface area (Å²) >= 11 is 0. The molecular formula is C13H19N3. The van der Waals surface area contributed by atoms with Gasteiger partial charge in [0.25, 0.3) is 0 Å². The third-order valence-electron chi connectivity index (χ3n) is 3.16. The van der Waals surface area contributed by atoms with Crippen LogP contribution in [-0.2, 0) is 0 Å². The lowest BCUT2D eigenvalue weighted by atomic mass is 10.1. The number of benzene rings is 1. The van der Waals surface area contributed by atoms with Crippen molar-refractivity contribution in [3.8, 4) is 0 Å². The topological polar surface area (TPSA) is 32.5 Å². The van der Waals surface area contributed by atoms with E-state index in [9.17, 15) is 0 Å². The maximum Gasteiger partial charge on any atom is 0.0408 e. The molecule has 0 bridgehead atoms. The van der Waals surface area contributed by atoms with Crippen LogP contribution in [0.25, 0.3) is 5.70 Å². The second-order valence-corrected chi connectivity index (χ2v) is 4.32. The van der Waals surface area contributed by atoms with Gasteiger partial charge in [-0.1, -0.05) is 24.8 Å². The summed E-state index contributed by atoms with van der Waals surface area (Å²) in [7, 11) is 2.15. The Morgan fingerprint density at radius 3 is 2.44 bits per heavy atom. The third kappa shape index (κ3) is 2.19. The Morgan fingerprint density at radius 1 is 1.19 bits per heavy atom. The third-order valence-corrected chi connectivity index (χ3v) is 3.16. The van der Waals surface area contributed by atoms with Gasteiger partial charge in [-0.3, -0.25) is 0 Å². The maximum atomic E-state index is 5.96. The minimum atomic E-state index is 0.812. The molecule has 2 N–H and O–H groups in total. The molecule has 3 heteroatoms. The van der Waals surface area contributed by atoms with Gasteiger partial charge in [-0.2, -0.15) is 0 Å². The van der Waals surface area contributed by atoms with Crippen LogP contribution >= 0.6 is 0 Å². The highest BCUT2D eigenvalue weighted by atomic mass is 15.2. The van der Waals surface area contributed by atoms with Gasteiger partial charge in [-0.15, -0.1) is 0 Å². The van der Waals surface area contributed by atoms with Gasteiger partial charge >= 0.3 is 0 Å². The summed E-state index contributed by atoms with van der Waals surface area (Å²) < 4.78 is 0. The summed E-state index contributed by atoms with van der Waals surface area (Å²) in [5.41, 5.74) is 8.88. The normalized spacial score (nSPS) is 17.4. The number of nitrogen functional groups attached to an aromatic ring is 1. The molecule has 0 atom stereocenters. The summed E-state index contributed by atoms with van der Waals surface area (Å²) in [5.74, 6) is 0. The van der Waals surface area contributed by atoms with E-state index in [1.807, 2.05) is 24.3 Å². The summed E-state index contributed by atoms with van der Waals surface area (Å²) in [6.07, 6.45) is 0. The molecule has 86 valence electrons. The number of para-hydroxylation sites is 1. The van der Waals surface area contributed by atoms with E-state index in [1.165, 1.54) is 0 Å². The van der Waals surface area contributed by atoms with Crippen molar-refractivity contribution in [3.63, 3.8) is 0 Å². The molecule has 2 rings (SSSR count). The highest BCUT2D eigenvalue weighted by Gasteiger charge is 2.16. The lowest BCUT2D eigenvalue weighted by Gasteiger charge is -2.35. The van der Waals surface area contributed by atoms with Crippen LogP contribution in [0.5, 0.6) is 0 Å². The second-order valence-electron chi connectivity index (χ2n) is 4.32. The second kappa shape index (κ2) is 4.58. The SMILES string of the molecule is C=C(c1ccccc1N)N1CCN(C)CC1. The van der Waals surface area contributed by atoms with Crippen molar-refractivity contribution in [2.75, 3.05) is 39.0 Å². The number of hydrogen-bond acceptors (Lipinski definition) is 3. The van der Waals surface area contributed by atoms with Crippen molar-refractivity contribution in [2.45, 2.75) is 0 Å². The van der Waals surface area contributed by atoms with Gasteiger partial charge < -0.3 is 15.5 Å². The van der Waals surface area contributed by atoms with E-state index in [0.29, 0.717) is 0 Å². The molecule has 0 radical (unpaired) electrons. The van der Waals surface area contributed by atoms with Crippen molar-refractivity contribution in [1.29, 1.82) is 0 Å². The van der Waals surface area contributed by atoms with E-state index in [0.717, 1.165) is 43.1 Å². The molecule has 1 heterocycles. The van der Waals surface area contributed by atoms with Crippen molar-refractivity contribution in [1.82, 2.24) is 9.80 Å². The Kier molecular flexibility index (Phi) is 3.15. The number of rotatable bonds is 2. The van der Waals surface area contributed by atoms with Crippen LogP contribution in [0.3, 0.4) is 0 Å². The first kappa shape index (κ1) is 11.0. The Bertz CT molecular complexity index is 379. The number of likely N-dealkylation sites (N-methyl/N-ethyl adjacent to an activating group) is 1. The molecule has 0 amide bonds. The van der Waals surface area contributed by atoms with Crippen LogP contribution in [0.15, 0.2) is 30.8 Å². The standard InChI is InChI=1S/C13H19N3/c1-11(12-5-3-4-6-13(12)14)16-9-7-15(2)8-10-16/h3-6H,1,7-10,14H2,2H3. The Morgan fingerprint density at radius 2 is 1.81 bits per heavy atom. The number of piperazine rings is 1. The predicted octanol–water partition coefficient (Wildman–Crippen LogP) is 1.49. The Balaban J connectivity index is 2.11. The first-order valence-electron chi connectivity index (χ1n) is 5.66. The van der Waals surface area contributed by atoms with Gasteiger partial charge in [0.05, 0.1) is 0 Å². The maximum absolute atomic E-state index is 5.96. The molecule has 3 nitrogen and oxygen atoms in total. The van der Waals surface area contributed by atoms with Crippen LogP contribution in [0.4, 0.5) is 5.69 Å². The fourth-order valence-electron chi connectivity index (χ4n) is 2.01. The molecule has 1 aliphatic rings. The average Bonchev–Trinajstić information content (AvgIpc) is 2.30. The molecular weight excluding hydrogens is 198 g/mol. The fourth-order valence-corrected chi connectivity index (χ4v) is 2.01. The Labute approximate surface area is 97.2 Å². The highest BCUT2D eigenvalue weighted by Crippen LogP contribution is 2.23. The smallest absolute Gasteiger partial charge is 0.0408 e. The molecule has 1 fully saturated rings. The molecule has 0 unspecified atom stereocenters. The summed E-state index contributed by atoms with van der Waals surface area (Å²) in [6.45, 7) is 8.40. The highest BCUT2D eigenvalue weighted by molar-refractivity contribution is 5.72. The van der Waals surface area contributed by atoms with E-state index in [4.69, 9.17) is 5.73 Å². The van der Waals surface area contributed by atoms with Crippen molar-refractivity contribution in [2.24, 2.45) is 0 Å². The Hall–Kier alpha value is -1.48. The zero-order chi connectivity index (χ0) is 11.5. The van der Waals surface area contributed by atoms with Gasteiger partial charge in [0.15, 0.2) is 0 Å². The van der Waals surface area contributed by atoms with Crippen LogP contribution in [0.2, 0.25) is 0 Å². The summed E-state index contributed by atoms with van der Waals surface area (Å²) in [6, 6.07) is 7.93. The number of nitrogens with two attached hydrogens (primary N) is 1. The van der Waals surface area contributed by atoms with Crippen LogP contribution in [0, 0.1) is 0 Å². The van der Waals surface area contributed by atoms with Gasteiger partial charge in [0.1, 0.15) is 0 Å². The van der Waals surface area contributed by atoms with E-state index in [-0.39, 0.29) is 0 Å². The molecule has 0 aliphatic carbocycles. The lowest BCUT2D eigenvalue weighted by Crippen LogP contribution is -2.43. The predicted molar refractivity (Wildman–Crippen MR) is 69.0 cm³/mol. The zero-order valence-corrected chi connectivity index (χ0v) is 9.82. The van der Waals surface area contributed by atoms with Gasteiger partial charge in [-0.25, -0.2) is 0 Å². The van der Waals surface area contributed by atoms with E-state index in [2.05, 4.69) is 23.4 Å². The number of hydrogen-bond donors (Lipinski definition) is 1. The fraction of sp³-hybridized carbons (Fsp3) is 0.385. The van der Waals surface area contributed by atoms with Crippen LogP contribution < -0.4 is 5.73 Å². The first-order chi connectivity index (χ1) is 7.68. The van der Waals surface area contributed by atoms with Crippen LogP contribution in [0.1, 0.15) is 5.56 Å². The largest absolute Gasteiger partial charge is 0.398 e. The van der Waals surface area contributed by atoms with E-state index in [1.54, 1.807) is 0 Å². The summed E-state index contributed by atoms with van der Waals surface area (Å²) in [4.78, 5) is 4.64. The molecule has 0 saturated carbocycles. The van der Waals surface area contributed by atoms with Gasteiger partial charge in [-0.05, 0) is 13.1 Å². The molecule has 16 heavy (non-hydrogen) atoms. The van der Waals surface area contributed by atoms with Crippen molar-refractivity contribution < 1.29 is 0 Å². The number of nitrogens with zero attached hydrogens (tertiary/aromatic N) is 2. The van der Waals surface area contributed by atoms with E-state index >= 15 is 0 Å². The monoisotopic (exact) mass is 217 g/mol. The number of anilines is 1. The average molecular weight is 217 g/mol. The minimum Gasteiger partial charge on any atom is -0.398 e. The van der Waals surface area contributed by atoms with Gasteiger partial charge in [0.2, 0.25) is 0 Å². The molecule has 0 spiro atoms. The van der Waals surface area contributed by atoms with E-state index < -0.39 is 0 Å². The lowest BCUT2D eigenvalue weighted by molar-refractivity contribution is 0.207. The molecule has 1 aromatic rings. The molecule has 1 aromatic carbocycles. The zero-order valence-electron chi connectivity index (χ0n) is 9.82. The molecule has 1 saturated heterocycles. The first-order valence-corrected chi connectivity index (χ1v) is 5.66.